The molecule has 2 aromatic carbocycles. The van der Waals surface area contributed by atoms with E-state index in [1.807, 2.05) is 29.2 Å². The van der Waals surface area contributed by atoms with Crippen LogP contribution in [0.25, 0.3) is 11.1 Å². The first kappa shape index (κ1) is 16.9. The molecule has 1 aliphatic carbocycles. The monoisotopic (exact) mass is 367 g/mol. The molecule has 1 fully saturated rings. The van der Waals surface area contributed by atoms with Crippen LogP contribution < -0.4 is 16.4 Å². The van der Waals surface area contributed by atoms with Crippen LogP contribution in [0.4, 0.5) is 5.69 Å². The van der Waals surface area contributed by atoms with Gasteiger partial charge in [0.2, 0.25) is 11.9 Å². The molecule has 0 atom stereocenters. The van der Waals surface area contributed by atoms with Crippen LogP contribution in [-0.2, 0) is 0 Å². The van der Waals surface area contributed by atoms with Crippen LogP contribution in [0.5, 0.6) is 0 Å². The Morgan fingerprint density at radius 1 is 0.923 bits per heavy atom. The van der Waals surface area contributed by atoms with Gasteiger partial charge < -0.3 is 11.5 Å². The average Bonchev–Trinajstić information content (AvgIpc) is 2.62. The lowest BCUT2D eigenvalue weighted by molar-refractivity contribution is 0.305. The van der Waals surface area contributed by atoms with Gasteiger partial charge >= 0.3 is 0 Å². The van der Waals surface area contributed by atoms with E-state index in [-0.39, 0.29) is 5.96 Å². The van der Waals surface area contributed by atoms with Crippen molar-refractivity contribution in [2.24, 2.45) is 21.5 Å². The summed E-state index contributed by atoms with van der Waals surface area (Å²) >= 11 is 6.11. The maximum absolute atomic E-state index is 6.27. The van der Waals surface area contributed by atoms with Gasteiger partial charge in [0.05, 0.1) is 0 Å². The number of guanidine groups is 2. The van der Waals surface area contributed by atoms with Gasteiger partial charge in [-0.2, -0.15) is 4.99 Å². The molecule has 0 amide bonds. The molecule has 0 saturated heterocycles. The second-order valence-corrected chi connectivity index (χ2v) is 7.31. The zero-order chi connectivity index (χ0) is 18.1. The molecule has 2 aliphatic rings. The minimum Gasteiger partial charge on any atom is -0.369 e. The van der Waals surface area contributed by atoms with Crippen molar-refractivity contribution in [1.82, 2.24) is 0 Å². The largest absolute Gasteiger partial charge is 0.369 e. The first-order valence-electron chi connectivity index (χ1n) is 8.93. The van der Waals surface area contributed by atoms with Crippen molar-refractivity contribution < 1.29 is 0 Å². The Balaban J connectivity index is 1.70. The average molecular weight is 368 g/mol. The van der Waals surface area contributed by atoms with Gasteiger partial charge in [-0.25, -0.2) is 4.99 Å². The van der Waals surface area contributed by atoms with Gasteiger partial charge in [-0.1, -0.05) is 42.3 Å². The molecule has 0 radical (unpaired) electrons. The highest BCUT2D eigenvalue weighted by molar-refractivity contribution is 6.30. The van der Waals surface area contributed by atoms with Crippen molar-refractivity contribution >= 4 is 29.2 Å². The molecule has 0 bridgehead atoms. The highest BCUT2D eigenvalue weighted by Crippen LogP contribution is 2.39. The molecule has 1 spiro atoms. The molecular weight excluding hydrogens is 346 g/mol. The lowest BCUT2D eigenvalue weighted by atomic mass is 9.87. The number of hydrogen-bond acceptors (Lipinski definition) is 5. The van der Waals surface area contributed by atoms with E-state index in [1.165, 1.54) is 6.42 Å². The summed E-state index contributed by atoms with van der Waals surface area (Å²) in [4.78, 5) is 11.0. The molecule has 134 valence electrons. The van der Waals surface area contributed by atoms with Crippen LogP contribution in [0.3, 0.4) is 0 Å². The quantitative estimate of drug-likeness (QED) is 0.837. The summed E-state index contributed by atoms with van der Waals surface area (Å²) in [7, 11) is 0. The number of rotatable bonds is 2. The summed E-state index contributed by atoms with van der Waals surface area (Å²) in [6.45, 7) is 0. The van der Waals surface area contributed by atoms with Gasteiger partial charge in [-0.3, -0.25) is 4.90 Å². The van der Waals surface area contributed by atoms with Crippen molar-refractivity contribution in [3.05, 3.63) is 53.6 Å². The molecule has 5 nitrogen and oxygen atoms in total. The summed E-state index contributed by atoms with van der Waals surface area (Å²) in [6, 6.07) is 16.1. The third kappa shape index (κ3) is 3.03. The Labute approximate surface area is 158 Å². The lowest BCUT2D eigenvalue weighted by Gasteiger charge is -2.45. The Hall–Kier alpha value is -2.53. The minimum absolute atomic E-state index is 0.274. The second-order valence-electron chi connectivity index (χ2n) is 6.88. The zero-order valence-electron chi connectivity index (χ0n) is 14.5. The first-order chi connectivity index (χ1) is 12.6. The number of nitrogens with two attached hydrogens (primary N) is 2. The van der Waals surface area contributed by atoms with Crippen LogP contribution in [0, 0.1) is 0 Å². The number of hydrogen-bond donors (Lipinski definition) is 2. The van der Waals surface area contributed by atoms with Crippen molar-refractivity contribution in [1.29, 1.82) is 0 Å². The Morgan fingerprint density at radius 3 is 2.35 bits per heavy atom. The van der Waals surface area contributed by atoms with E-state index in [4.69, 9.17) is 28.1 Å². The lowest BCUT2D eigenvalue weighted by Crippen LogP contribution is -2.58. The van der Waals surface area contributed by atoms with Gasteiger partial charge in [0.25, 0.3) is 0 Å². The number of benzene rings is 2. The van der Waals surface area contributed by atoms with Gasteiger partial charge in [-0.15, -0.1) is 0 Å². The van der Waals surface area contributed by atoms with Crippen LogP contribution in [0.15, 0.2) is 58.5 Å². The predicted molar refractivity (Wildman–Crippen MR) is 108 cm³/mol. The standard InChI is InChI=1S/C20H22ClN5/c21-16-6-4-5-15(13-16)14-7-9-17(10-8-14)26-19(23)24-18(22)25-20(26)11-2-1-3-12-20/h4-10,13H,1-3,11-12H2,(H4,22,23,24,25). The molecule has 4 N–H and O–H groups in total. The molecule has 4 rings (SSSR count). The smallest absolute Gasteiger partial charge is 0.220 e. The van der Waals surface area contributed by atoms with Gasteiger partial charge in [-0.05, 0) is 61.1 Å². The maximum Gasteiger partial charge on any atom is 0.220 e. The van der Waals surface area contributed by atoms with E-state index in [9.17, 15) is 0 Å². The molecular formula is C20H22ClN5. The van der Waals surface area contributed by atoms with Crippen LogP contribution >= 0.6 is 11.6 Å². The van der Waals surface area contributed by atoms with E-state index in [0.717, 1.165) is 47.5 Å². The third-order valence-electron chi connectivity index (χ3n) is 5.13. The molecule has 0 aromatic heterocycles. The molecule has 2 aromatic rings. The van der Waals surface area contributed by atoms with E-state index in [2.05, 4.69) is 29.3 Å². The second kappa shape index (κ2) is 6.65. The first-order valence-corrected chi connectivity index (χ1v) is 9.31. The van der Waals surface area contributed by atoms with Crippen molar-refractivity contribution in [3.63, 3.8) is 0 Å². The fourth-order valence-electron chi connectivity index (χ4n) is 3.97. The van der Waals surface area contributed by atoms with Crippen molar-refractivity contribution in [2.45, 2.75) is 37.8 Å². The van der Waals surface area contributed by atoms with E-state index >= 15 is 0 Å². The maximum atomic E-state index is 6.27. The summed E-state index contributed by atoms with van der Waals surface area (Å²) < 4.78 is 0. The van der Waals surface area contributed by atoms with Gasteiger partial charge in [0.15, 0.2) is 0 Å². The SMILES string of the molecule is NC1=NC2(CCCCC2)N(c2ccc(-c3cccc(Cl)c3)cc2)C(N)=N1. The van der Waals surface area contributed by atoms with E-state index in [0.29, 0.717) is 5.96 Å². The molecule has 0 unspecified atom stereocenters. The predicted octanol–water partition coefficient (Wildman–Crippen LogP) is 4.12. The number of aliphatic imine (C=N–C) groups is 2. The molecule has 6 heteroatoms. The Kier molecular flexibility index (Phi) is 4.32. The van der Waals surface area contributed by atoms with Crippen molar-refractivity contribution in [2.75, 3.05) is 4.90 Å². The zero-order valence-corrected chi connectivity index (χ0v) is 15.3. The van der Waals surface area contributed by atoms with Crippen LogP contribution in [0.1, 0.15) is 32.1 Å². The molecule has 1 heterocycles. The highest BCUT2D eigenvalue weighted by atomic mass is 35.5. The fraction of sp³-hybridized carbons (Fsp3) is 0.300. The molecule has 1 saturated carbocycles. The number of halogens is 1. The van der Waals surface area contributed by atoms with E-state index in [1.54, 1.807) is 0 Å². The number of nitrogens with zero attached hydrogens (tertiary/aromatic N) is 3. The van der Waals surface area contributed by atoms with Crippen LogP contribution in [-0.4, -0.2) is 17.6 Å². The van der Waals surface area contributed by atoms with E-state index < -0.39 is 5.66 Å². The molecule has 1 aliphatic heterocycles. The summed E-state index contributed by atoms with van der Waals surface area (Å²) in [5.74, 6) is 0.686. The van der Waals surface area contributed by atoms with Crippen LogP contribution in [0.2, 0.25) is 5.02 Å². The minimum atomic E-state index is -0.411. The normalized spacial score (nSPS) is 19.2. The summed E-state index contributed by atoms with van der Waals surface area (Å²) in [5, 5.41) is 0.727. The topological polar surface area (TPSA) is 80.0 Å². The summed E-state index contributed by atoms with van der Waals surface area (Å²) in [6.07, 6.45) is 5.30. The number of anilines is 1. The summed E-state index contributed by atoms with van der Waals surface area (Å²) in [5.41, 5.74) is 15.0. The fourth-order valence-corrected chi connectivity index (χ4v) is 4.16. The third-order valence-corrected chi connectivity index (χ3v) is 5.37. The van der Waals surface area contributed by atoms with Gasteiger partial charge in [0.1, 0.15) is 5.66 Å². The Morgan fingerprint density at radius 2 is 1.65 bits per heavy atom. The van der Waals surface area contributed by atoms with Gasteiger partial charge in [0, 0.05) is 10.7 Å². The highest BCUT2D eigenvalue weighted by Gasteiger charge is 2.42. The Bertz CT molecular complexity index is 866. The molecule has 26 heavy (non-hydrogen) atoms. The van der Waals surface area contributed by atoms with Crippen molar-refractivity contribution in [3.8, 4) is 11.1 Å².